The van der Waals surface area contributed by atoms with Gasteiger partial charge in [-0.1, -0.05) is 97.1 Å². The van der Waals surface area contributed by atoms with Gasteiger partial charge >= 0.3 is 6.03 Å². The predicted molar refractivity (Wildman–Crippen MR) is 180 cm³/mol. The third-order valence-corrected chi connectivity index (χ3v) is 11.5. The van der Waals surface area contributed by atoms with Crippen molar-refractivity contribution in [3.63, 3.8) is 0 Å². The van der Waals surface area contributed by atoms with Crippen molar-refractivity contribution in [2.24, 2.45) is 4.36 Å². The van der Waals surface area contributed by atoms with E-state index in [1.165, 1.54) is 17.3 Å². The summed E-state index contributed by atoms with van der Waals surface area (Å²) in [6, 6.07) is 30.7. The lowest BCUT2D eigenvalue weighted by atomic mass is 9.76. The van der Waals surface area contributed by atoms with E-state index < -0.39 is 27.1 Å². The topological polar surface area (TPSA) is 118 Å². The van der Waals surface area contributed by atoms with Gasteiger partial charge in [0.05, 0.1) is 19.3 Å². The lowest BCUT2D eigenvalue weighted by Crippen LogP contribution is -2.48. The molecule has 0 bridgehead atoms. The van der Waals surface area contributed by atoms with Crippen molar-refractivity contribution >= 4 is 21.6 Å². The average Bonchev–Trinajstić information content (AvgIpc) is 3.60. The number of fused-ring (bicyclic) bond motifs is 3. The Kier molecular flexibility index (Phi) is 7.05. The molecule has 2 amide bonds. The summed E-state index contributed by atoms with van der Waals surface area (Å²) in [6.07, 6.45) is 5.19. The minimum atomic E-state index is -3.87. The smallest absolute Gasteiger partial charge is 0.354 e. The first kappa shape index (κ1) is 29.6. The Morgan fingerprint density at radius 2 is 1.45 bits per heavy atom. The van der Waals surface area contributed by atoms with E-state index in [1.54, 1.807) is 11.6 Å². The van der Waals surface area contributed by atoms with Crippen LogP contribution in [0.15, 0.2) is 113 Å². The van der Waals surface area contributed by atoms with Crippen molar-refractivity contribution in [2.75, 3.05) is 11.9 Å². The summed E-state index contributed by atoms with van der Waals surface area (Å²) in [5, 5.41) is 17.7. The zero-order valence-corrected chi connectivity index (χ0v) is 26.8. The molecular weight excluding hydrogens is 611 g/mol. The molecule has 1 aliphatic heterocycles. The van der Waals surface area contributed by atoms with E-state index in [9.17, 15) is 9.90 Å². The van der Waals surface area contributed by atoms with Crippen LogP contribution in [0.5, 0.6) is 5.88 Å². The molecule has 0 spiro atoms. The van der Waals surface area contributed by atoms with E-state index in [2.05, 4.69) is 25.6 Å². The summed E-state index contributed by atoms with van der Waals surface area (Å²) in [5.74, 6) is 0.201. The highest BCUT2D eigenvalue weighted by Crippen LogP contribution is 2.43. The first-order chi connectivity index (χ1) is 22.8. The molecule has 10 heteroatoms. The van der Waals surface area contributed by atoms with E-state index in [4.69, 9.17) is 4.74 Å². The van der Waals surface area contributed by atoms with Crippen LogP contribution >= 0.6 is 0 Å². The van der Waals surface area contributed by atoms with Gasteiger partial charge in [0.25, 0.3) is 0 Å². The van der Waals surface area contributed by atoms with Crippen LogP contribution in [-0.4, -0.2) is 37.3 Å². The molecule has 3 aliphatic rings. The largest absolute Gasteiger partial charge is 0.466 e. The van der Waals surface area contributed by atoms with E-state index in [0.29, 0.717) is 0 Å². The van der Waals surface area contributed by atoms with Crippen LogP contribution in [0, 0.1) is 0 Å². The molecule has 0 unspecified atom stereocenters. The molecule has 5 aromatic rings. The van der Waals surface area contributed by atoms with Crippen molar-refractivity contribution < 1.29 is 18.8 Å². The molecule has 238 valence electrons. The summed E-state index contributed by atoms with van der Waals surface area (Å²) in [7, 11) is -3.87. The van der Waals surface area contributed by atoms with Gasteiger partial charge in [-0.2, -0.15) is 5.10 Å². The number of urea groups is 1. The van der Waals surface area contributed by atoms with E-state index >= 15 is 4.21 Å². The number of rotatable bonds is 8. The fourth-order valence-electron chi connectivity index (χ4n) is 6.97. The van der Waals surface area contributed by atoms with Crippen molar-refractivity contribution in [3.05, 3.63) is 142 Å². The van der Waals surface area contributed by atoms with Crippen LogP contribution in [0.25, 0.3) is 0 Å². The molecule has 9 nitrogen and oxygen atoms in total. The molecule has 0 radical (unpaired) electrons. The van der Waals surface area contributed by atoms with Crippen LogP contribution in [0.2, 0.25) is 0 Å². The summed E-state index contributed by atoms with van der Waals surface area (Å²) in [4.78, 5) is 14.2. The van der Waals surface area contributed by atoms with Crippen molar-refractivity contribution in [3.8, 4) is 5.88 Å². The number of benzene rings is 4. The lowest BCUT2D eigenvalue weighted by molar-refractivity contribution is 0.0399. The van der Waals surface area contributed by atoms with Crippen molar-refractivity contribution in [1.82, 2.24) is 14.5 Å². The Labute approximate surface area is 273 Å². The third kappa shape index (κ3) is 4.86. The number of aryl methyl sites for hydroxylation is 2. The third-order valence-electron chi connectivity index (χ3n) is 9.59. The van der Waals surface area contributed by atoms with Gasteiger partial charge in [-0.25, -0.2) is 18.4 Å². The number of anilines is 1. The second-order valence-electron chi connectivity index (χ2n) is 12.7. The van der Waals surface area contributed by atoms with Crippen molar-refractivity contribution in [1.29, 1.82) is 0 Å². The molecule has 47 heavy (non-hydrogen) atoms. The van der Waals surface area contributed by atoms with E-state index in [0.717, 1.165) is 59.2 Å². The maximum atomic E-state index is 15.8. The molecule has 2 heterocycles. The van der Waals surface area contributed by atoms with Gasteiger partial charge in [-0.15, -0.1) is 4.36 Å². The van der Waals surface area contributed by atoms with Crippen LogP contribution in [0.1, 0.15) is 45.9 Å². The van der Waals surface area contributed by atoms with Gasteiger partial charge in [0.15, 0.2) is 15.5 Å². The zero-order chi connectivity index (χ0) is 32.2. The van der Waals surface area contributed by atoms with Crippen LogP contribution < -0.4 is 14.8 Å². The highest BCUT2D eigenvalue weighted by molar-refractivity contribution is 7.92. The number of amides is 2. The number of carbonyl (C=O) groups excluding carboxylic acids is 1. The van der Waals surface area contributed by atoms with Crippen LogP contribution in [0.4, 0.5) is 10.5 Å². The highest BCUT2D eigenvalue weighted by atomic mass is 32.2. The SMILES string of the molecule is C[C@]1(CO)Cn2ncc([S@](=O)(=NC(=O)Nc3c4c(cc5c3CC5)CC4)NC(c3ccccc3)(c3ccccc3)c3ccccc3)c2O1. The molecule has 4 aromatic carbocycles. The van der Waals surface area contributed by atoms with Crippen molar-refractivity contribution in [2.45, 2.75) is 55.2 Å². The minimum Gasteiger partial charge on any atom is -0.466 e. The predicted octanol–water partition coefficient (Wildman–Crippen LogP) is 5.78. The fourth-order valence-corrected chi connectivity index (χ4v) is 8.85. The normalized spacial score (nSPS) is 18.8. The number of aliphatic hydroxyl groups is 1. The minimum absolute atomic E-state index is 0.131. The molecule has 8 rings (SSSR count). The van der Waals surface area contributed by atoms with Gasteiger partial charge < -0.3 is 15.2 Å². The molecule has 0 fully saturated rings. The molecule has 0 saturated heterocycles. The quantitative estimate of drug-likeness (QED) is 0.185. The standard InChI is InChI=1S/C37H35N5O4S/c1-36(24-43)23-42-34(46-36)32(22-38-42)47(45,40-35(44)39-33-30-19-17-25(30)21-26-18-20-31(26)33)41-37(27-11-5-2-6-12-27,28-13-7-3-8-14-28)29-15-9-4-10-16-29/h2-16,21-22,43H,17-20,23-24H2,1H3,(H2,39,40,41,44,45)/t36-,47+/m1/s1. The molecule has 1 aromatic heterocycles. The Morgan fingerprint density at radius 1 is 0.915 bits per heavy atom. The number of carbonyl (C=O) groups is 1. The van der Waals surface area contributed by atoms with Gasteiger partial charge in [-0.3, -0.25) is 0 Å². The van der Waals surface area contributed by atoms with Gasteiger partial charge in [0.2, 0.25) is 5.88 Å². The second-order valence-corrected chi connectivity index (χ2v) is 14.6. The zero-order valence-electron chi connectivity index (χ0n) is 26.0. The first-order valence-electron chi connectivity index (χ1n) is 15.9. The van der Waals surface area contributed by atoms with E-state index in [1.807, 2.05) is 91.0 Å². The number of hydrogen-bond acceptors (Lipinski definition) is 5. The van der Waals surface area contributed by atoms with Crippen LogP contribution in [-0.2, 0) is 47.7 Å². The van der Waals surface area contributed by atoms with Crippen LogP contribution in [0.3, 0.4) is 0 Å². The Balaban J connectivity index is 1.34. The number of aliphatic hydroxyl groups excluding tert-OH is 1. The number of aromatic nitrogens is 2. The van der Waals surface area contributed by atoms with Gasteiger partial charge in [-0.05, 0) is 71.6 Å². The number of nitrogens with one attached hydrogen (secondary N) is 2. The maximum absolute atomic E-state index is 15.8. The number of hydrogen-bond donors (Lipinski definition) is 3. The molecule has 0 saturated carbocycles. The Hall–Kier alpha value is -4.77. The maximum Gasteiger partial charge on any atom is 0.354 e. The van der Waals surface area contributed by atoms with Gasteiger partial charge in [0, 0.05) is 5.69 Å². The summed E-state index contributed by atoms with van der Waals surface area (Å²) in [6.45, 7) is 1.75. The molecule has 2 atom stereocenters. The Morgan fingerprint density at radius 3 is 1.91 bits per heavy atom. The van der Waals surface area contributed by atoms with E-state index in [-0.39, 0.29) is 23.9 Å². The number of nitrogens with zero attached hydrogens (tertiary/aromatic N) is 3. The monoisotopic (exact) mass is 645 g/mol. The van der Waals surface area contributed by atoms with Gasteiger partial charge in [0.1, 0.15) is 10.4 Å². The highest BCUT2D eigenvalue weighted by Gasteiger charge is 2.44. The fraction of sp³-hybridized carbons (Fsp3) is 0.243. The second kappa shape index (κ2) is 11.2. The summed E-state index contributed by atoms with van der Waals surface area (Å²) < 4.78 is 31.6. The summed E-state index contributed by atoms with van der Waals surface area (Å²) >= 11 is 0. The Bertz CT molecular complexity index is 2000. The number of ether oxygens (including phenoxy) is 1. The average molecular weight is 646 g/mol. The molecule has 2 aliphatic carbocycles. The summed E-state index contributed by atoms with van der Waals surface area (Å²) in [5.41, 5.74) is 5.78. The lowest BCUT2D eigenvalue weighted by Gasteiger charge is -2.37. The molecular formula is C37H35N5O4S. The first-order valence-corrected chi connectivity index (χ1v) is 17.4. The molecule has 3 N–H and O–H groups in total.